The minimum absolute atomic E-state index is 0.0916. The highest BCUT2D eigenvalue weighted by molar-refractivity contribution is 4.95. The Morgan fingerprint density at radius 3 is 2.64 bits per heavy atom. The summed E-state index contributed by atoms with van der Waals surface area (Å²) in [6.07, 6.45) is 4.87. The van der Waals surface area contributed by atoms with E-state index in [0.717, 1.165) is 19.3 Å². The summed E-state index contributed by atoms with van der Waals surface area (Å²) in [5.74, 6) is 0.492. The molecule has 0 spiro atoms. The second-order valence-electron chi connectivity index (χ2n) is 4.26. The van der Waals surface area contributed by atoms with Gasteiger partial charge in [0, 0.05) is 0 Å². The second-order valence-corrected chi connectivity index (χ2v) is 4.26. The van der Waals surface area contributed by atoms with Crippen molar-refractivity contribution in [2.75, 3.05) is 0 Å². The Hall–Kier alpha value is -0.300. The second kappa shape index (κ2) is 2.98. The van der Waals surface area contributed by atoms with Gasteiger partial charge in [-0.3, -0.25) is 0 Å². The number of rotatable bonds is 1. The van der Waals surface area contributed by atoms with Crippen molar-refractivity contribution >= 4 is 0 Å². The van der Waals surface area contributed by atoms with Crippen LogP contribution in [0, 0.1) is 11.3 Å². The quantitative estimate of drug-likeness (QED) is 0.575. The van der Waals surface area contributed by atoms with Crippen molar-refractivity contribution in [3.63, 3.8) is 0 Å². The summed E-state index contributed by atoms with van der Waals surface area (Å²) in [4.78, 5) is 0. The minimum atomic E-state index is -0.0916. The third kappa shape index (κ3) is 1.84. The summed E-state index contributed by atoms with van der Waals surface area (Å²) >= 11 is 0. The number of allylic oxidation sites excluding steroid dienone is 1. The summed E-state index contributed by atoms with van der Waals surface area (Å²) in [5.41, 5.74) is 0.348. The fraction of sp³-hybridized carbons (Fsp3) is 0.800. The summed E-state index contributed by atoms with van der Waals surface area (Å²) in [6.45, 7) is 8.31. The lowest BCUT2D eigenvalue weighted by molar-refractivity contribution is 0.0486. The molecule has 1 aliphatic carbocycles. The van der Waals surface area contributed by atoms with Crippen LogP contribution >= 0.6 is 0 Å². The average molecular weight is 154 g/mol. The first-order chi connectivity index (χ1) is 5.06. The third-order valence-corrected chi connectivity index (χ3v) is 2.94. The summed E-state index contributed by atoms with van der Waals surface area (Å²) in [6, 6.07) is 0. The van der Waals surface area contributed by atoms with Crippen molar-refractivity contribution < 1.29 is 5.11 Å². The minimum Gasteiger partial charge on any atom is -0.393 e. The Morgan fingerprint density at radius 1 is 1.55 bits per heavy atom. The van der Waals surface area contributed by atoms with Gasteiger partial charge in [0.25, 0.3) is 0 Å². The largest absolute Gasteiger partial charge is 0.393 e. The van der Waals surface area contributed by atoms with Crippen LogP contribution in [0.5, 0.6) is 0 Å². The molecule has 64 valence electrons. The van der Waals surface area contributed by atoms with Crippen molar-refractivity contribution in [2.45, 2.75) is 39.2 Å². The highest BCUT2D eigenvalue weighted by Gasteiger charge is 2.33. The Morgan fingerprint density at radius 2 is 2.18 bits per heavy atom. The summed E-state index contributed by atoms with van der Waals surface area (Å²) in [5, 5.41) is 9.40. The van der Waals surface area contributed by atoms with Crippen molar-refractivity contribution in [1.82, 2.24) is 0 Å². The van der Waals surface area contributed by atoms with Crippen LogP contribution in [0.15, 0.2) is 12.7 Å². The van der Waals surface area contributed by atoms with Crippen LogP contribution in [0.2, 0.25) is 0 Å². The first-order valence-corrected chi connectivity index (χ1v) is 4.37. The third-order valence-electron chi connectivity index (χ3n) is 2.94. The summed E-state index contributed by atoms with van der Waals surface area (Å²) < 4.78 is 0. The average Bonchev–Trinajstić information content (AvgIpc) is 1.94. The van der Waals surface area contributed by atoms with Gasteiger partial charge in [-0.25, -0.2) is 0 Å². The Bertz CT molecular complexity index is 149. The molecule has 0 amide bonds. The molecule has 1 saturated carbocycles. The molecule has 0 radical (unpaired) electrons. The van der Waals surface area contributed by atoms with Crippen LogP contribution in [-0.4, -0.2) is 11.2 Å². The van der Waals surface area contributed by atoms with Gasteiger partial charge in [0.15, 0.2) is 0 Å². The molecular weight excluding hydrogens is 136 g/mol. The van der Waals surface area contributed by atoms with E-state index in [1.807, 2.05) is 6.08 Å². The van der Waals surface area contributed by atoms with E-state index in [4.69, 9.17) is 0 Å². The van der Waals surface area contributed by atoms with Gasteiger partial charge in [-0.2, -0.15) is 0 Å². The molecule has 2 atom stereocenters. The monoisotopic (exact) mass is 154 g/mol. The summed E-state index contributed by atoms with van der Waals surface area (Å²) in [7, 11) is 0. The lowest BCUT2D eigenvalue weighted by Gasteiger charge is -2.39. The van der Waals surface area contributed by atoms with E-state index in [1.165, 1.54) is 0 Å². The van der Waals surface area contributed by atoms with E-state index in [9.17, 15) is 5.11 Å². The van der Waals surface area contributed by atoms with Crippen LogP contribution in [0.25, 0.3) is 0 Å². The molecular formula is C10H18O. The lowest BCUT2D eigenvalue weighted by Crippen LogP contribution is -2.32. The van der Waals surface area contributed by atoms with E-state index in [1.54, 1.807) is 0 Å². The molecule has 0 aromatic heterocycles. The molecule has 1 rings (SSSR count). The zero-order valence-corrected chi connectivity index (χ0v) is 7.51. The lowest BCUT2D eigenvalue weighted by atomic mass is 9.68. The van der Waals surface area contributed by atoms with Gasteiger partial charge in [-0.1, -0.05) is 19.9 Å². The van der Waals surface area contributed by atoms with Crippen LogP contribution in [0.1, 0.15) is 33.1 Å². The van der Waals surface area contributed by atoms with Crippen molar-refractivity contribution in [2.24, 2.45) is 11.3 Å². The number of aliphatic hydroxyl groups excluding tert-OH is 1. The van der Waals surface area contributed by atoms with E-state index >= 15 is 0 Å². The van der Waals surface area contributed by atoms with Gasteiger partial charge in [0.2, 0.25) is 0 Å². The first-order valence-electron chi connectivity index (χ1n) is 4.37. The molecule has 1 fully saturated rings. The molecule has 0 aromatic carbocycles. The van der Waals surface area contributed by atoms with Crippen LogP contribution < -0.4 is 0 Å². The Kier molecular flexibility index (Phi) is 2.38. The topological polar surface area (TPSA) is 20.2 Å². The maximum atomic E-state index is 9.40. The highest BCUT2D eigenvalue weighted by Crippen LogP contribution is 2.40. The maximum Gasteiger partial charge on any atom is 0.0546 e. The van der Waals surface area contributed by atoms with Gasteiger partial charge in [0.05, 0.1) is 6.10 Å². The molecule has 1 N–H and O–H groups in total. The smallest absolute Gasteiger partial charge is 0.0546 e. The molecule has 1 heteroatoms. The maximum absolute atomic E-state index is 9.40. The van der Waals surface area contributed by atoms with E-state index in [2.05, 4.69) is 20.4 Å². The number of hydrogen-bond acceptors (Lipinski definition) is 1. The molecule has 2 unspecified atom stereocenters. The van der Waals surface area contributed by atoms with Crippen molar-refractivity contribution in [3.05, 3.63) is 12.7 Å². The van der Waals surface area contributed by atoms with Gasteiger partial charge in [0.1, 0.15) is 0 Å². The van der Waals surface area contributed by atoms with Gasteiger partial charge >= 0.3 is 0 Å². The molecule has 11 heavy (non-hydrogen) atoms. The van der Waals surface area contributed by atoms with E-state index in [-0.39, 0.29) is 6.10 Å². The molecule has 0 bridgehead atoms. The van der Waals surface area contributed by atoms with Gasteiger partial charge in [-0.15, -0.1) is 6.58 Å². The molecule has 1 nitrogen and oxygen atoms in total. The fourth-order valence-corrected chi connectivity index (χ4v) is 1.87. The van der Waals surface area contributed by atoms with E-state index < -0.39 is 0 Å². The molecule has 0 heterocycles. The molecule has 0 saturated heterocycles. The van der Waals surface area contributed by atoms with Crippen molar-refractivity contribution in [3.8, 4) is 0 Å². The predicted molar refractivity (Wildman–Crippen MR) is 47.3 cm³/mol. The van der Waals surface area contributed by atoms with Crippen LogP contribution in [-0.2, 0) is 0 Å². The molecule has 0 aliphatic heterocycles. The number of aliphatic hydroxyl groups is 1. The zero-order valence-electron chi connectivity index (χ0n) is 7.51. The van der Waals surface area contributed by atoms with Crippen LogP contribution in [0.3, 0.4) is 0 Å². The molecule has 1 aliphatic rings. The standard InChI is InChI=1S/C10H18O/c1-4-8-7-9(11)5-6-10(8,2)3/h4,8-9,11H,1,5-7H2,2-3H3. The van der Waals surface area contributed by atoms with E-state index in [0.29, 0.717) is 11.3 Å². The molecule has 0 aromatic rings. The Balaban J connectivity index is 2.63. The highest BCUT2D eigenvalue weighted by atomic mass is 16.3. The first kappa shape index (κ1) is 8.79. The fourth-order valence-electron chi connectivity index (χ4n) is 1.87. The van der Waals surface area contributed by atoms with Crippen LogP contribution in [0.4, 0.5) is 0 Å². The van der Waals surface area contributed by atoms with Crippen molar-refractivity contribution in [1.29, 1.82) is 0 Å². The Labute approximate surface area is 69.1 Å². The van der Waals surface area contributed by atoms with Gasteiger partial charge < -0.3 is 5.11 Å². The zero-order chi connectivity index (χ0) is 8.48. The predicted octanol–water partition coefficient (Wildman–Crippen LogP) is 2.36. The number of hydrogen-bond donors (Lipinski definition) is 1. The van der Waals surface area contributed by atoms with Gasteiger partial charge in [-0.05, 0) is 30.6 Å². The normalized spacial score (nSPS) is 36.6. The SMILES string of the molecule is C=CC1CC(O)CCC1(C)C.